The molecular formula is C11H12N2OS. The highest BCUT2D eigenvalue weighted by Gasteiger charge is 2.06. The van der Waals surface area contributed by atoms with Crippen LogP contribution in [-0.2, 0) is 7.05 Å². The summed E-state index contributed by atoms with van der Waals surface area (Å²) in [7, 11) is 3.66. The molecule has 0 fully saturated rings. The van der Waals surface area contributed by atoms with Crippen molar-refractivity contribution in [1.82, 2.24) is 9.55 Å². The second-order valence-corrected chi connectivity index (χ2v) is 4.08. The third-order valence-electron chi connectivity index (χ3n) is 2.05. The Kier molecular flexibility index (Phi) is 2.97. The molecule has 0 saturated heterocycles. The summed E-state index contributed by atoms with van der Waals surface area (Å²) < 4.78 is 7.26. The fourth-order valence-electron chi connectivity index (χ4n) is 1.25. The average molecular weight is 220 g/mol. The minimum atomic E-state index is 0.880. The van der Waals surface area contributed by atoms with Gasteiger partial charge < -0.3 is 9.30 Å². The van der Waals surface area contributed by atoms with Crippen LogP contribution in [0.1, 0.15) is 0 Å². The van der Waals surface area contributed by atoms with Gasteiger partial charge in [0.15, 0.2) is 5.16 Å². The van der Waals surface area contributed by atoms with Crippen LogP contribution < -0.4 is 4.74 Å². The van der Waals surface area contributed by atoms with E-state index in [0.29, 0.717) is 0 Å². The molecule has 0 amide bonds. The Hall–Kier alpha value is -1.42. The first-order valence-corrected chi connectivity index (χ1v) is 5.41. The third-order valence-corrected chi connectivity index (χ3v) is 3.18. The lowest BCUT2D eigenvalue weighted by Crippen LogP contribution is -1.90. The first-order valence-electron chi connectivity index (χ1n) is 4.59. The van der Waals surface area contributed by atoms with E-state index >= 15 is 0 Å². The molecule has 1 aromatic heterocycles. The number of nitrogens with zero attached hydrogens (tertiary/aromatic N) is 2. The van der Waals surface area contributed by atoms with Crippen LogP contribution in [-0.4, -0.2) is 16.7 Å². The predicted octanol–water partition coefficient (Wildman–Crippen LogP) is 2.58. The van der Waals surface area contributed by atoms with E-state index in [2.05, 4.69) is 4.98 Å². The lowest BCUT2D eigenvalue weighted by atomic mass is 10.3. The molecule has 0 aliphatic heterocycles. The van der Waals surface area contributed by atoms with Crippen molar-refractivity contribution < 1.29 is 4.74 Å². The highest BCUT2D eigenvalue weighted by atomic mass is 32.2. The van der Waals surface area contributed by atoms with Gasteiger partial charge in [0.25, 0.3) is 0 Å². The lowest BCUT2D eigenvalue weighted by Gasteiger charge is -2.06. The van der Waals surface area contributed by atoms with Gasteiger partial charge in [-0.25, -0.2) is 4.98 Å². The summed E-state index contributed by atoms with van der Waals surface area (Å²) in [4.78, 5) is 5.33. The topological polar surface area (TPSA) is 27.1 Å². The number of para-hydroxylation sites is 1. The van der Waals surface area contributed by atoms with Gasteiger partial charge in [-0.2, -0.15) is 0 Å². The minimum absolute atomic E-state index is 0.880. The molecule has 0 saturated carbocycles. The quantitative estimate of drug-likeness (QED) is 0.795. The van der Waals surface area contributed by atoms with Crippen molar-refractivity contribution in [2.24, 2.45) is 7.05 Å². The van der Waals surface area contributed by atoms with Gasteiger partial charge in [-0.1, -0.05) is 12.1 Å². The molecule has 0 aliphatic carbocycles. The summed E-state index contributed by atoms with van der Waals surface area (Å²) in [6.45, 7) is 0. The van der Waals surface area contributed by atoms with Gasteiger partial charge >= 0.3 is 0 Å². The standard InChI is InChI=1S/C11H12N2OS/c1-13-8-7-12-11(13)15-10-6-4-3-5-9(10)14-2/h3-8H,1-2H3. The molecule has 0 atom stereocenters. The maximum atomic E-state index is 5.28. The smallest absolute Gasteiger partial charge is 0.172 e. The summed E-state index contributed by atoms with van der Waals surface area (Å²) in [6, 6.07) is 7.93. The van der Waals surface area contributed by atoms with Crippen molar-refractivity contribution in [3.63, 3.8) is 0 Å². The number of aryl methyl sites for hydroxylation is 1. The van der Waals surface area contributed by atoms with Crippen LogP contribution in [0.4, 0.5) is 0 Å². The SMILES string of the molecule is COc1ccccc1Sc1nccn1C. The molecule has 0 N–H and O–H groups in total. The fourth-order valence-corrected chi connectivity index (χ4v) is 2.17. The molecule has 1 aromatic carbocycles. The molecule has 0 radical (unpaired) electrons. The van der Waals surface area contributed by atoms with Crippen LogP contribution >= 0.6 is 11.8 Å². The van der Waals surface area contributed by atoms with E-state index in [1.807, 2.05) is 42.1 Å². The Morgan fingerprint density at radius 3 is 2.80 bits per heavy atom. The second kappa shape index (κ2) is 4.40. The predicted molar refractivity (Wildman–Crippen MR) is 60.3 cm³/mol. The van der Waals surface area contributed by atoms with E-state index in [1.165, 1.54) is 0 Å². The molecule has 0 aliphatic rings. The number of rotatable bonds is 3. The third kappa shape index (κ3) is 2.15. The van der Waals surface area contributed by atoms with Gasteiger partial charge in [-0.15, -0.1) is 0 Å². The van der Waals surface area contributed by atoms with Crippen LogP contribution in [0.3, 0.4) is 0 Å². The number of aromatic nitrogens is 2. The molecular weight excluding hydrogens is 208 g/mol. The van der Waals surface area contributed by atoms with Gasteiger partial charge in [0.2, 0.25) is 0 Å². The molecule has 4 heteroatoms. The van der Waals surface area contributed by atoms with Crippen molar-refractivity contribution in [3.8, 4) is 5.75 Å². The van der Waals surface area contributed by atoms with Gasteiger partial charge in [0.1, 0.15) is 5.75 Å². The molecule has 15 heavy (non-hydrogen) atoms. The number of imidazole rings is 1. The Balaban J connectivity index is 2.28. The highest BCUT2D eigenvalue weighted by Crippen LogP contribution is 2.33. The van der Waals surface area contributed by atoms with Gasteiger partial charge in [0.05, 0.1) is 12.0 Å². The van der Waals surface area contributed by atoms with E-state index in [-0.39, 0.29) is 0 Å². The summed E-state index contributed by atoms with van der Waals surface area (Å²) >= 11 is 1.60. The number of hydrogen-bond acceptors (Lipinski definition) is 3. The van der Waals surface area contributed by atoms with E-state index in [9.17, 15) is 0 Å². The largest absolute Gasteiger partial charge is 0.496 e. The molecule has 78 valence electrons. The average Bonchev–Trinajstić information content (AvgIpc) is 2.65. The van der Waals surface area contributed by atoms with Gasteiger partial charge in [-0.3, -0.25) is 0 Å². The molecule has 1 heterocycles. The molecule has 3 nitrogen and oxygen atoms in total. The molecule has 2 rings (SSSR count). The molecule has 0 spiro atoms. The van der Waals surface area contributed by atoms with Crippen molar-refractivity contribution in [2.45, 2.75) is 10.1 Å². The van der Waals surface area contributed by atoms with Crippen molar-refractivity contribution in [3.05, 3.63) is 36.7 Å². The summed E-state index contributed by atoms with van der Waals surface area (Å²) in [5, 5.41) is 0.958. The Labute approximate surface area is 93.1 Å². The van der Waals surface area contributed by atoms with Crippen LogP contribution in [0.5, 0.6) is 5.75 Å². The van der Waals surface area contributed by atoms with Gasteiger partial charge in [0, 0.05) is 19.4 Å². The summed E-state index contributed by atoms with van der Waals surface area (Å²) in [5.74, 6) is 0.880. The maximum absolute atomic E-state index is 5.28. The van der Waals surface area contributed by atoms with Crippen molar-refractivity contribution >= 4 is 11.8 Å². The zero-order chi connectivity index (χ0) is 10.7. The fraction of sp³-hybridized carbons (Fsp3) is 0.182. The number of hydrogen-bond donors (Lipinski definition) is 0. The number of benzene rings is 1. The zero-order valence-electron chi connectivity index (χ0n) is 8.68. The monoisotopic (exact) mass is 220 g/mol. The van der Waals surface area contributed by atoms with Crippen molar-refractivity contribution in [1.29, 1.82) is 0 Å². The van der Waals surface area contributed by atoms with E-state index < -0.39 is 0 Å². The minimum Gasteiger partial charge on any atom is -0.496 e. The van der Waals surface area contributed by atoms with E-state index in [1.54, 1.807) is 25.1 Å². The molecule has 2 aromatic rings. The van der Waals surface area contributed by atoms with E-state index in [4.69, 9.17) is 4.74 Å². The van der Waals surface area contributed by atoms with E-state index in [0.717, 1.165) is 15.8 Å². The van der Waals surface area contributed by atoms with Crippen LogP contribution in [0, 0.1) is 0 Å². The van der Waals surface area contributed by atoms with Crippen LogP contribution in [0.15, 0.2) is 46.7 Å². The van der Waals surface area contributed by atoms with Crippen LogP contribution in [0.2, 0.25) is 0 Å². The van der Waals surface area contributed by atoms with Crippen molar-refractivity contribution in [2.75, 3.05) is 7.11 Å². The first-order chi connectivity index (χ1) is 7.31. The highest BCUT2D eigenvalue weighted by molar-refractivity contribution is 7.99. The summed E-state index contributed by atoms with van der Waals surface area (Å²) in [6.07, 6.45) is 3.72. The first kappa shape index (κ1) is 10.1. The lowest BCUT2D eigenvalue weighted by molar-refractivity contribution is 0.404. The number of ether oxygens (including phenoxy) is 1. The van der Waals surface area contributed by atoms with Crippen LogP contribution in [0.25, 0.3) is 0 Å². The Morgan fingerprint density at radius 1 is 1.33 bits per heavy atom. The molecule has 0 unspecified atom stereocenters. The normalized spacial score (nSPS) is 10.3. The van der Waals surface area contributed by atoms with Gasteiger partial charge in [-0.05, 0) is 23.9 Å². The zero-order valence-corrected chi connectivity index (χ0v) is 9.49. The summed E-state index contributed by atoms with van der Waals surface area (Å²) in [5.41, 5.74) is 0. The Bertz CT molecular complexity index is 453. The second-order valence-electron chi connectivity index (χ2n) is 3.07. The molecule has 0 bridgehead atoms. The number of methoxy groups -OCH3 is 1. The maximum Gasteiger partial charge on any atom is 0.172 e. The Morgan fingerprint density at radius 2 is 2.13 bits per heavy atom.